The Labute approximate surface area is 125 Å². The van der Waals surface area contributed by atoms with Crippen LogP contribution in [0.25, 0.3) is 0 Å². The number of benzene rings is 1. The Morgan fingerprint density at radius 3 is 2.56 bits per heavy atom. The number of hydrogen-bond acceptors (Lipinski definition) is 1. The summed E-state index contributed by atoms with van der Waals surface area (Å²) in [5.74, 6) is -0.106. The highest BCUT2D eigenvalue weighted by Crippen LogP contribution is 2.24. The summed E-state index contributed by atoms with van der Waals surface area (Å²) in [7, 11) is 0. The minimum atomic E-state index is -0.106. The summed E-state index contributed by atoms with van der Waals surface area (Å²) in [5, 5.41) is 3.74. The van der Waals surface area contributed by atoms with Gasteiger partial charge in [0.2, 0.25) is 0 Å². The van der Waals surface area contributed by atoms with Crippen LogP contribution in [0.4, 0.5) is 0 Å². The van der Waals surface area contributed by atoms with Gasteiger partial charge in [0.25, 0.3) is 5.91 Å². The van der Waals surface area contributed by atoms with E-state index in [1.165, 1.54) is 0 Å². The second-order valence-electron chi connectivity index (χ2n) is 4.55. The molecule has 0 radical (unpaired) electrons. The molecule has 1 saturated carbocycles. The fraction of sp³-hybridized carbons (Fsp3) is 0.462. The van der Waals surface area contributed by atoms with E-state index in [-0.39, 0.29) is 17.3 Å². The van der Waals surface area contributed by atoms with Crippen LogP contribution in [0, 0.1) is 0 Å². The predicted octanol–water partition coefficient (Wildman–Crippen LogP) is 4.38. The van der Waals surface area contributed by atoms with Gasteiger partial charge in [0.15, 0.2) is 0 Å². The molecule has 1 N–H and O–H groups in total. The molecule has 0 heterocycles. The van der Waals surface area contributed by atoms with E-state index in [4.69, 9.17) is 23.2 Å². The normalized spacial score (nSPS) is 23.7. The zero-order valence-corrected chi connectivity index (χ0v) is 12.9. The topological polar surface area (TPSA) is 29.1 Å². The van der Waals surface area contributed by atoms with Crippen molar-refractivity contribution >= 4 is 45.0 Å². The van der Waals surface area contributed by atoms with Crippen molar-refractivity contribution in [2.45, 2.75) is 37.1 Å². The van der Waals surface area contributed by atoms with Crippen molar-refractivity contribution in [3.05, 3.63) is 33.3 Å². The van der Waals surface area contributed by atoms with Gasteiger partial charge in [0, 0.05) is 15.9 Å². The fourth-order valence-corrected chi connectivity index (χ4v) is 3.15. The van der Waals surface area contributed by atoms with E-state index >= 15 is 0 Å². The lowest BCUT2D eigenvalue weighted by atomic mass is 9.95. The number of halogens is 3. The third-order valence-electron chi connectivity index (χ3n) is 3.17. The second kappa shape index (κ2) is 6.27. The average Bonchev–Trinajstić information content (AvgIpc) is 2.32. The van der Waals surface area contributed by atoms with E-state index < -0.39 is 0 Å². The van der Waals surface area contributed by atoms with Crippen molar-refractivity contribution in [3.8, 4) is 0 Å². The quantitative estimate of drug-likeness (QED) is 0.788. The number of carbonyl (C=O) groups is 1. The molecule has 18 heavy (non-hydrogen) atoms. The standard InChI is InChI=1S/C13H14BrCl2NO/c14-8-1-6-11(12(16)7-8)13(18)17-10-4-2-9(15)3-5-10/h1,6-7,9-10H,2-5H2,(H,17,18). The summed E-state index contributed by atoms with van der Waals surface area (Å²) in [5.41, 5.74) is 0.521. The van der Waals surface area contributed by atoms with Crippen LogP contribution in [-0.2, 0) is 0 Å². The zero-order valence-electron chi connectivity index (χ0n) is 9.76. The lowest BCUT2D eigenvalue weighted by Crippen LogP contribution is -2.37. The lowest BCUT2D eigenvalue weighted by Gasteiger charge is -2.25. The summed E-state index contributed by atoms with van der Waals surface area (Å²) in [6.07, 6.45) is 3.79. The molecule has 98 valence electrons. The summed E-state index contributed by atoms with van der Waals surface area (Å²) in [6, 6.07) is 5.49. The first-order valence-corrected chi connectivity index (χ1v) is 7.57. The van der Waals surface area contributed by atoms with Crippen LogP contribution in [0.3, 0.4) is 0 Å². The minimum absolute atomic E-state index is 0.106. The van der Waals surface area contributed by atoms with Gasteiger partial charge in [-0.15, -0.1) is 11.6 Å². The van der Waals surface area contributed by atoms with E-state index in [1.807, 2.05) is 6.07 Å². The molecule has 1 aromatic rings. The molecule has 2 rings (SSSR count). The number of nitrogens with one attached hydrogen (secondary N) is 1. The molecule has 1 fully saturated rings. The summed E-state index contributed by atoms with van der Waals surface area (Å²) >= 11 is 15.4. The molecule has 1 aromatic carbocycles. The number of alkyl halides is 1. The molecule has 0 aliphatic heterocycles. The third-order valence-corrected chi connectivity index (χ3v) is 4.41. The molecule has 0 unspecified atom stereocenters. The van der Waals surface area contributed by atoms with Gasteiger partial charge in [-0.2, -0.15) is 0 Å². The molecule has 0 saturated heterocycles. The fourth-order valence-electron chi connectivity index (χ4n) is 2.13. The SMILES string of the molecule is O=C(NC1CCC(Cl)CC1)c1ccc(Br)cc1Cl. The predicted molar refractivity (Wildman–Crippen MR) is 78.5 cm³/mol. The minimum Gasteiger partial charge on any atom is -0.349 e. The van der Waals surface area contributed by atoms with Gasteiger partial charge < -0.3 is 5.32 Å². The van der Waals surface area contributed by atoms with Crippen molar-refractivity contribution < 1.29 is 4.79 Å². The van der Waals surface area contributed by atoms with Crippen molar-refractivity contribution in [3.63, 3.8) is 0 Å². The number of amides is 1. The van der Waals surface area contributed by atoms with Gasteiger partial charge in [0.05, 0.1) is 10.6 Å². The van der Waals surface area contributed by atoms with Gasteiger partial charge in [-0.25, -0.2) is 0 Å². The van der Waals surface area contributed by atoms with Crippen LogP contribution in [0.1, 0.15) is 36.0 Å². The Morgan fingerprint density at radius 1 is 1.28 bits per heavy atom. The first-order valence-electron chi connectivity index (χ1n) is 5.96. The van der Waals surface area contributed by atoms with E-state index in [0.29, 0.717) is 10.6 Å². The number of rotatable bonds is 2. The van der Waals surface area contributed by atoms with E-state index in [2.05, 4.69) is 21.2 Å². The molecule has 1 aliphatic rings. The maximum Gasteiger partial charge on any atom is 0.253 e. The molecule has 0 spiro atoms. The Hall–Kier alpha value is -0.250. The van der Waals surface area contributed by atoms with Crippen LogP contribution in [0.2, 0.25) is 5.02 Å². The van der Waals surface area contributed by atoms with E-state index in [0.717, 1.165) is 30.2 Å². The zero-order chi connectivity index (χ0) is 13.1. The van der Waals surface area contributed by atoms with Gasteiger partial charge in [-0.1, -0.05) is 27.5 Å². The highest BCUT2D eigenvalue weighted by molar-refractivity contribution is 9.10. The van der Waals surface area contributed by atoms with Crippen molar-refractivity contribution in [1.29, 1.82) is 0 Å². The molecule has 0 aromatic heterocycles. The van der Waals surface area contributed by atoms with Crippen molar-refractivity contribution in [2.24, 2.45) is 0 Å². The summed E-state index contributed by atoms with van der Waals surface area (Å²) in [6.45, 7) is 0. The van der Waals surface area contributed by atoms with Crippen LogP contribution in [0.15, 0.2) is 22.7 Å². The van der Waals surface area contributed by atoms with Crippen molar-refractivity contribution in [1.82, 2.24) is 5.32 Å². The molecular formula is C13H14BrCl2NO. The molecule has 5 heteroatoms. The maximum absolute atomic E-state index is 12.1. The van der Waals surface area contributed by atoms with Crippen molar-refractivity contribution in [2.75, 3.05) is 0 Å². The first kappa shape index (κ1) is 14.2. The Kier molecular flexibility index (Phi) is 4.93. The highest BCUT2D eigenvalue weighted by Gasteiger charge is 2.22. The van der Waals surface area contributed by atoms with E-state index in [9.17, 15) is 4.79 Å². The number of hydrogen-bond donors (Lipinski definition) is 1. The Bertz CT molecular complexity index is 445. The molecule has 0 atom stereocenters. The second-order valence-corrected chi connectivity index (χ2v) is 6.49. The molecule has 1 amide bonds. The maximum atomic E-state index is 12.1. The van der Waals surface area contributed by atoms with Gasteiger partial charge >= 0.3 is 0 Å². The smallest absolute Gasteiger partial charge is 0.253 e. The van der Waals surface area contributed by atoms with Crippen LogP contribution < -0.4 is 5.32 Å². The van der Waals surface area contributed by atoms with Gasteiger partial charge in [0.1, 0.15) is 0 Å². The van der Waals surface area contributed by atoms with Gasteiger partial charge in [-0.3, -0.25) is 4.79 Å². The average molecular weight is 351 g/mol. The number of carbonyl (C=O) groups excluding carboxylic acids is 1. The monoisotopic (exact) mass is 349 g/mol. The molecule has 0 bridgehead atoms. The Morgan fingerprint density at radius 2 is 1.94 bits per heavy atom. The first-order chi connectivity index (χ1) is 8.56. The van der Waals surface area contributed by atoms with Crippen LogP contribution in [-0.4, -0.2) is 17.3 Å². The lowest BCUT2D eigenvalue weighted by molar-refractivity contribution is 0.0928. The Balaban J connectivity index is 1.99. The largest absolute Gasteiger partial charge is 0.349 e. The molecular weight excluding hydrogens is 337 g/mol. The molecule has 2 nitrogen and oxygen atoms in total. The third kappa shape index (κ3) is 3.62. The summed E-state index contributed by atoms with van der Waals surface area (Å²) < 4.78 is 0.867. The summed E-state index contributed by atoms with van der Waals surface area (Å²) in [4.78, 5) is 12.1. The van der Waals surface area contributed by atoms with Crippen LogP contribution >= 0.6 is 39.1 Å². The highest BCUT2D eigenvalue weighted by atomic mass is 79.9. The van der Waals surface area contributed by atoms with Crippen LogP contribution in [0.5, 0.6) is 0 Å². The molecule has 1 aliphatic carbocycles. The van der Waals surface area contributed by atoms with E-state index in [1.54, 1.807) is 12.1 Å². The van der Waals surface area contributed by atoms with Gasteiger partial charge in [-0.05, 0) is 43.9 Å².